The molecule has 0 spiro atoms. The van der Waals surface area contributed by atoms with Crippen LogP contribution in [0, 0.1) is 0 Å². The summed E-state index contributed by atoms with van der Waals surface area (Å²) in [6.45, 7) is 6.55. The van der Waals surface area contributed by atoms with Crippen molar-refractivity contribution >= 4 is 5.96 Å². The second-order valence-corrected chi connectivity index (χ2v) is 7.24. The molecule has 2 aromatic rings. The highest BCUT2D eigenvalue weighted by Gasteiger charge is 2.22. The Labute approximate surface area is 177 Å². The number of aryl methyl sites for hydroxylation is 1. The summed E-state index contributed by atoms with van der Waals surface area (Å²) in [4.78, 5) is 9.24. The maximum atomic E-state index is 6.01. The van der Waals surface area contributed by atoms with Crippen molar-refractivity contribution in [1.29, 1.82) is 0 Å². The Morgan fingerprint density at radius 3 is 2.83 bits per heavy atom. The van der Waals surface area contributed by atoms with Crippen LogP contribution in [0.1, 0.15) is 31.9 Å². The molecule has 1 aromatic carbocycles. The minimum absolute atomic E-state index is 0.0957. The van der Waals surface area contributed by atoms with E-state index in [-0.39, 0.29) is 12.1 Å². The second-order valence-electron chi connectivity index (χ2n) is 7.24. The number of guanidine groups is 1. The molecule has 1 aliphatic heterocycles. The molecule has 2 N–H and O–H groups in total. The Bertz CT molecular complexity index is 838. The van der Waals surface area contributed by atoms with Crippen LogP contribution in [0.5, 0.6) is 11.5 Å². The SMILES string of the molecule is CCNC(=NCC(C)Oc1ccccc1OC)NC1CCc2nc(COC)nn2C1. The number of methoxy groups -OCH3 is 2. The number of rotatable bonds is 9. The normalized spacial score (nSPS) is 17.2. The smallest absolute Gasteiger partial charge is 0.191 e. The average Bonchev–Trinajstić information content (AvgIpc) is 3.14. The molecule has 9 nitrogen and oxygen atoms in total. The minimum atomic E-state index is -0.0957. The molecule has 2 heterocycles. The maximum Gasteiger partial charge on any atom is 0.191 e. The summed E-state index contributed by atoms with van der Waals surface area (Å²) in [5.74, 6) is 3.96. The number of nitrogens with zero attached hydrogens (tertiary/aromatic N) is 4. The molecule has 3 rings (SSSR count). The first-order valence-electron chi connectivity index (χ1n) is 10.4. The van der Waals surface area contributed by atoms with Gasteiger partial charge in [-0.1, -0.05) is 12.1 Å². The van der Waals surface area contributed by atoms with E-state index in [2.05, 4.69) is 27.6 Å². The molecule has 2 atom stereocenters. The van der Waals surface area contributed by atoms with E-state index in [1.54, 1.807) is 14.2 Å². The second kappa shape index (κ2) is 10.8. The Morgan fingerprint density at radius 2 is 2.10 bits per heavy atom. The summed E-state index contributed by atoms with van der Waals surface area (Å²) in [7, 11) is 3.29. The first-order valence-corrected chi connectivity index (χ1v) is 10.4. The number of hydrogen-bond acceptors (Lipinski definition) is 6. The highest BCUT2D eigenvalue weighted by atomic mass is 16.5. The Morgan fingerprint density at radius 1 is 1.30 bits per heavy atom. The van der Waals surface area contributed by atoms with Gasteiger partial charge in [0, 0.05) is 26.1 Å². The van der Waals surface area contributed by atoms with Crippen molar-refractivity contribution in [3.8, 4) is 11.5 Å². The Kier molecular flexibility index (Phi) is 7.89. The lowest BCUT2D eigenvalue weighted by Gasteiger charge is -2.25. The van der Waals surface area contributed by atoms with Gasteiger partial charge in [0.25, 0.3) is 0 Å². The van der Waals surface area contributed by atoms with Crippen LogP contribution in [0.2, 0.25) is 0 Å². The van der Waals surface area contributed by atoms with Crippen LogP contribution in [-0.2, 0) is 24.3 Å². The third-order valence-electron chi connectivity index (χ3n) is 4.76. The van der Waals surface area contributed by atoms with Crippen LogP contribution in [0.15, 0.2) is 29.3 Å². The lowest BCUT2D eigenvalue weighted by atomic mass is 10.1. The average molecular weight is 417 g/mol. The largest absolute Gasteiger partial charge is 0.493 e. The Balaban J connectivity index is 1.57. The van der Waals surface area contributed by atoms with Crippen molar-refractivity contribution in [2.75, 3.05) is 27.3 Å². The highest BCUT2D eigenvalue weighted by molar-refractivity contribution is 5.80. The van der Waals surface area contributed by atoms with Gasteiger partial charge < -0.3 is 24.8 Å². The molecule has 1 aromatic heterocycles. The number of ether oxygens (including phenoxy) is 3. The van der Waals surface area contributed by atoms with Gasteiger partial charge in [0.05, 0.1) is 20.2 Å². The Hall–Kier alpha value is -2.81. The van der Waals surface area contributed by atoms with Crippen LogP contribution in [-0.4, -0.2) is 60.2 Å². The van der Waals surface area contributed by atoms with Crippen molar-refractivity contribution in [3.63, 3.8) is 0 Å². The van der Waals surface area contributed by atoms with Gasteiger partial charge in [-0.3, -0.25) is 0 Å². The van der Waals surface area contributed by atoms with E-state index in [4.69, 9.17) is 19.2 Å². The molecule has 0 radical (unpaired) electrons. The van der Waals surface area contributed by atoms with E-state index < -0.39 is 0 Å². The summed E-state index contributed by atoms with van der Waals surface area (Å²) < 4.78 is 18.5. The number of fused-ring (bicyclic) bond motifs is 1. The topological polar surface area (TPSA) is 94.8 Å². The quantitative estimate of drug-likeness (QED) is 0.475. The fourth-order valence-electron chi connectivity index (χ4n) is 3.37. The molecule has 0 saturated carbocycles. The molecule has 0 fully saturated rings. The lowest BCUT2D eigenvalue weighted by Crippen LogP contribution is -2.47. The zero-order valence-corrected chi connectivity index (χ0v) is 18.2. The number of aliphatic imine (C=N–C) groups is 1. The van der Waals surface area contributed by atoms with Crippen LogP contribution < -0.4 is 20.1 Å². The van der Waals surface area contributed by atoms with Gasteiger partial charge in [-0.25, -0.2) is 14.7 Å². The van der Waals surface area contributed by atoms with Crippen molar-refractivity contribution in [2.45, 2.75) is 52.0 Å². The third kappa shape index (κ3) is 5.85. The first-order chi connectivity index (χ1) is 14.6. The zero-order valence-electron chi connectivity index (χ0n) is 18.2. The van der Waals surface area contributed by atoms with Gasteiger partial charge in [-0.15, -0.1) is 0 Å². The summed E-state index contributed by atoms with van der Waals surface area (Å²) in [5.41, 5.74) is 0. The standard InChI is InChI=1S/C21H32N6O3/c1-5-22-21(23-12-15(2)30-18-9-7-6-8-17(18)29-4)24-16-10-11-20-25-19(14-28-3)26-27(20)13-16/h6-9,15-16H,5,10-14H2,1-4H3,(H2,22,23,24). The third-order valence-corrected chi connectivity index (χ3v) is 4.76. The van der Waals surface area contributed by atoms with Crippen LogP contribution in [0.4, 0.5) is 0 Å². The predicted octanol–water partition coefficient (Wildman–Crippen LogP) is 1.77. The van der Waals surface area contributed by atoms with Gasteiger partial charge in [0.15, 0.2) is 23.3 Å². The van der Waals surface area contributed by atoms with Crippen molar-refractivity contribution in [3.05, 3.63) is 35.9 Å². The monoisotopic (exact) mass is 416 g/mol. The van der Waals surface area contributed by atoms with Gasteiger partial charge in [-0.05, 0) is 32.4 Å². The minimum Gasteiger partial charge on any atom is -0.493 e. The van der Waals surface area contributed by atoms with E-state index in [0.29, 0.717) is 13.2 Å². The number of benzene rings is 1. The first kappa shape index (κ1) is 21.9. The van der Waals surface area contributed by atoms with Gasteiger partial charge in [0.1, 0.15) is 18.5 Å². The number of para-hydroxylation sites is 2. The molecule has 9 heteroatoms. The lowest BCUT2D eigenvalue weighted by molar-refractivity contribution is 0.177. The fourth-order valence-corrected chi connectivity index (χ4v) is 3.37. The van der Waals surface area contributed by atoms with Crippen molar-refractivity contribution in [1.82, 2.24) is 25.4 Å². The molecule has 164 valence electrons. The molecule has 0 bridgehead atoms. The fraction of sp³-hybridized carbons (Fsp3) is 0.571. The number of hydrogen-bond donors (Lipinski definition) is 2. The van der Waals surface area contributed by atoms with Gasteiger partial charge >= 0.3 is 0 Å². The molecular weight excluding hydrogens is 384 g/mol. The molecule has 0 saturated heterocycles. The van der Waals surface area contributed by atoms with E-state index in [1.165, 1.54) is 0 Å². The summed E-state index contributed by atoms with van der Waals surface area (Å²) >= 11 is 0. The maximum absolute atomic E-state index is 6.01. The molecule has 30 heavy (non-hydrogen) atoms. The predicted molar refractivity (Wildman–Crippen MR) is 115 cm³/mol. The molecule has 2 unspecified atom stereocenters. The molecular formula is C21H32N6O3. The van der Waals surface area contributed by atoms with Gasteiger partial charge in [0.2, 0.25) is 0 Å². The highest BCUT2D eigenvalue weighted by Crippen LogP contribution is 2.26. The zero-order chi connectivity index (χ0) is 21.3. The summed E-state index contributed by atoms with van der Waals surface area (Å²) in [6, 6.07) is 7.87. The van der Waals surface area contributed by atoms with Crippen molar-refractivity contribution in [2.24, 2.45) is 4.99 Å². The molecule has 0 amide bonds. The van der Waals surface area contributed by atoms with E-state index in [1.807, 2.05) is 35.9 Å². The summed E-state index contributed by atoms with van der Waals surface area (Å²) in [6.07, 6.45) is 1.76. The van der Waals surface area contributed by atoms with Crippen LogP contribution in [0.25, 0.3) is 0 Å². The van der Waals surface area contributed by atoms with Crippen LogP contribution >= 0.6 is 0 Å². The van der Waals surface area contributed by atoms with Crippen molar-refractivity contribution < 1.29 is 14.2 Å². The van der Waals surface area contributed by atoms with Crippen LogP contribution in [0.3, 0.4) is 0 Å². The number of nitrogens with one attached hydrogen (secondary N) is 2. The van der Waals surface area contributed by atoms with Gasteiger partial charge in [-0.2, -0.15) is 5.10 Å². The molecule has 0 aliphatic carbocycles. The number of aromatic nitrogens is 3. The van der Waals surface area contributed by atoms with E-state index in [9.17, 15) is 0 Å². The van der Waals surface area contributed by atoms with E-state index >= 15 is 0 Å². The van der Waals surface area contributed by atoms with E-state index in [0.717, 1.165) is 55.0 Å². The molecule has 1 aliphatic rings. The summed E-state index contributed by atoms with van der Waals surface area (Å²) in [5, 5.41) is 11.4.